The highest BCUT2D eigenvalue weighted by Crippen LogP contribution is 2.64. The summed E-state index contributed by atoms with van der Waals surface area (Å²) in [5.41, 5.74) is 19.9. The Kier molecular flexibility index (Phi) is 8.50. The molecular formula is C65H43N3. The predicted molar refractivity (Wildman–Crippen MR) is 284 cm³/mol. The van der Waals surface area contributed by atoms with Crippen molar-refractivity contribution < 1.29 is 0 Å². The van der Waals surface area contributed by atoms with Crippen molar-refractivity contribution in [1.29, 1.82) is 0 Å². The third kappa shape index (κ3) is 5.60. The average molecular weight is 866 g/mol. The van der Waals surface area contributed by atoms with Gasteiger partial charge in [-0.25, -0.2) is 0 Å². The molecule has 0 amide bonds. The number of aromatic nitrogens is 1. The van der Waals surface area contributed by atoms with Crippen LogP contribution in [0.25, 0.3) is 60.5 Å². The van der Waals surface area contributed by atoms with Crippen LogP contribution in [0.4, 0.5) is 34.1 Å². The summed E-state index contributed by atoms with van der Waals surface area (Å²) in [6.45, 7) is 0. The lowest BCUT2D eigenvalue weighted by Crippen LogP contribution is -2.26. The zero-order chi connectivity index (χ0) is 44.8. The van der Waals surface area contributed by atoms with Crippen molar-refractivity contribution in [2.75, 3.05) is 9.80 Å². The minimum atomic E-state index is -0.582. The van der Waals surface area contributed by atoms with E-state index < -0.39 is 5.41 Å². The lowest BCUT2D eigenvalue weighted by atomic mass is 9.70. The van der Waals surface area contributed by atoms with Crippen molar-refractivity contribution in [3.63, 3.8) is 0 Å². The molecule has 14 rings (SSSR count). The molecule has 1 spiro atoms. The zero-order valence-corrected chi connectivity index (χ0v) is 37.2. The standard InChI is InChI=1S/C65H43N3/c1-4-20-46(21-5-1)66(49-33-32-44-18-10-11-19-45(44)40-49)50-34-37-55-53-26-12-15-29-59(53)65(61(55)41-50)60-30-16-13-27-54(60)56-38-35-51(42-62(56)65)67(47-22-6-2-7-23-47)52-36-39-58-57-28-14-17-31-63(57)68(64(58)43-52)48-24-8-3-9-25-48/h1-43H. The Morgan fingerprint density at radius 2 is 0.706 bits per heavy atom. The summed E-state index contributed by atoms with van der Waals surface area (Å²) in [5.74, 6) is 0. The van der Waals surface area contributed by atoms with Gasteiger partial charge in [0.1, 0.15) is 0 Å². The summed E-state index contributed by atoms with van der Waals surface area (Å²) in [6, 6.07) is 96.2. The lowest BCUT2D eigenvalue weighted by Gasteiger charge is -2.33. The van der Waals surface area contributed by atoms with Gasteiger partial charge in [-0.15, -0.1) is 0 Å². The minimum absolute atomic E-state index is 0.582. The molecule has 12 aromatic rings. The Morgan fingerprint density at radius 1 is 0.265 bits per heavy atom. The van der Waals surface area contributed by atoms with Crippen LogP contribution < -0.4 is 9.80 Å². The van der Waals surface area contributed by atoms with E-state index in [0.717, 1.165) is 39.8 Å². The number of benzene rings is 11. The van der Waals surface area contributed by atoms with Crippen LogP contribution >= 0.6 is 0 Å². The summed E-state index contributed by atoms with van der Waals surface area (Å²) in [4.78, 5) is 4.86. The van der Waals surface area contributed by atoms with E-state index in [1.165, 1.54) is 77.1 Å². The maximum Gasteiger partial charge on any atom is 0.0727 e. The van der Waals surface area contributed by atoms with Gasteiger partial charge in [-0.1, -0.05) is 170 Å². The molecule has 3 heteroatoms. The molecule has 0 radical (unpaired) electrons. The molecule has 1 aromatic heterocycles. The molecule has 1 atom stereocenters. The monoisotopic (exact) mass is 865 g/mol. The summed E-state index contributed by atoms with van der Waals surface area (Å²) in [6.07, 6.45) is 0. The SMILES string of the molecule is c1ccc(N(c2ccc3c(c2)C2(c4ccccc4-3)c3ccccc3-c3ccc(N(c4ccccc4)c4ccc5c6ccccc6n(-c6ccccc6)c5c4)cc32)c2ccc3ccccc3c2)cc1. The highest BCUT2D eigenvalue weighted by Gasteiger charge is 2.52. The molecule has 2 aliphatic carbocycles. The zero-order valence-electron chi connectivity index (χ0n) is 37.2. The van der Waals surface area contributed by atoms with Crippen molar-refractivity contribution in [3.8, 4) is 27.9 Å². The summed E-state index contributed by atoms with van der Waals surface area (Å²) >= 11 is 0. The molecule has 0 aliphatic heterocycles. The normalized spacial score (nSPS) is 14.2. The van der Waals surface area contributed by atoms with Crippen LogP contribution in [0.15, 0.2) is 261 Å². The first-order valence-corrected chi connectivity index (χ1v) is 23.5. The number of hydrogen-bond acceptors (Lipinski definition) is 2. The van der Waals surface area contributed by atoms with E-state index in [1.807, 2.05) is 0 Å². The summed E-state index contributed by atoms with van der Waals surface area (Å²) < 4.78 is 2.41. The number of anilines is 6. The van der Waals surface area contributed by atoms with Crippen molar-refractivity contribution in [3.05, 3.63) is 283 Å². The highest BCUT2D eigenvalue weighted by molar-refractivity contribution is 6.10. The fourth-order valence-corrected chi connectivity index (χ4v) is 11.7. The van der Waals surface area contributed by atoms with Gasteiger partial charge in [0.15, 0.2) is 0 Å². The molecule has 68 heavy (non-hydrogen) atoms. The Balaban J connectivity index is 1.01. The second-order valence-electron chi connectivity index (χ2n) is 18.1. The Morgan fingerprint density at radius 3 is 1.34 bits per heavy atom. The van der Waals surface area contributed by atoms with Gasteiger partial charge in [-0.05, 0) is 146 Å². The Labute approximate surface area is 395 Å². The molecule has 0 fully saturated rings. The van der Waals surface area contributed by atoms with E-state index in [0.29, 0.717) is 0 Å². The first kappa shape index (κ1) is 38.4. The third-order valence-corrected chi connectivity index (χ3v) is 14.5. The van der Waals surface area contributed by atoms with Crippen LogP contribution in [0.2, 0.25) is 0 Å². The van der Waals surface area contributed by atoms with Crippen LogP contribution in [-0.4, -0.2) is 4.57 Å². The van der Waals surface area contributed by atoms with Gasteiger partial charge in [0.25, 0.3) is 0 Å². The van der Waals surface area contributed by atoms with E-state index in [4.69, 9.17) is 0 Å². The van der Waals surface area contributed by atoms with Gasteiger partial charge in [-0.3, -0.25) is 0 Å². The molecule has 0 N–H and O–H groups in total. The van der Waals surface area contributed by atoms with Gasteiger partial charge in [0.2, 0.25) is 0 Å². The smallest absolute Gasteiger partial charge is 0.0727 e. The molecule has 2 aliphatic rings. The highest BCUT2D eigenvalue weighted by atomic mass is 15.1. The molecule has 11 aromatic carbocycles. The molecule has 0 bridgehead atoms. The second kappa shape index (κ2) is 15.1. The van der Waals surface area contributed by atoms with E-state index in [1.54, 1.807) is 0 Å². The summed E-state index contributed by atoms with van der Waals surface area (Å²) in [7, 11) is 0. The van der Waals surface area contributed by atoms with Crippen molar-refractivity contribution in [1.82, 2.24) is 4.57 Å². The number of rotatable bonds is 7. The van der Waals surface area contributed by atoms with E-state index in [-0.39, 0.29) is 0 Å². The minimum Gasteiger partial charge on any atom is -0.310 e. The Bertz CT molecular complexity index is 3920. The quantitative estimate of drug-likeness (QED) is 0.158. The van der Waals surface area contributed by atoms with Gasteiger partial charge in [0.05, 0.1) is 16.4 Å². The third-order valence-electron chi connectivity index (χ3n) is 14.5. The summed E-state index contributed by atoms with van der Waals surface area (Å²) in [5, 5.41) is 4.91. The first-order valence-electron chi connectivity index (χ1n) is 23.5. The fraction of sp³-hybridized carbons (Fsp3) is 0.0154. The average Bonchev–Trinajstić information content (AvgIpc) is 4.01. The van der Waals surface area contributed by atoms with Gasteiger partial charge >= 0.3 is 0 Å². The van der Waals surface area contributed by atoms with Gasteiger partial charge in [0, 0.05) is 50.6 Å². The van der Waals surface area contributed by atoms with Crippen LogP contribution in [0, 0.1) is 0 Å². The van der Waals surface area contributed by atoms with Crippen molar-refractivity contribution in [2.45, 2.75) is 5.41 Å². The Hall–Kier alpha value is -8.92. The van der Waals surface area contributed by atoms with E-state index in [2.05, 4.69) is 275 Å². The maximum absolute atomic E-state index is 2.50. The largest absolute Gasteiger partial charge is 0.310 e. The molecular weight excluding hydrogens is 823 g/mol. The molecule has 318 valence electrons. The number of fused-ring (bicyclic) bond motifs is 14. The van der Waals surface area contributed by atoms with Crippen molar-refractivity contribution in [2.24, 2.45) is 0 Å². The molecule has 3 nitrogen and oxygen atoms in total. The van der Waals surface area contributed by atoms with Gasteiger partial charge < -0.3 is 14.4 Å². The second-order valence-corrected chi connectivity index (χ2v) is 18.1. The molecule has 0 saturated carbocycles. The van der Waals surface area contributed by atoms with Crippen molar-refractivity contribution >= 4 is 66.7 Å². The molecule has 1 unspecified atom stereocenters. The van der Waals surface area contributed by atoms with Crippen LogP contribution in [0.5, 0.6) is 0 Å². The van der Waals surface area contributed by atoms with Gasteiger partial charge in [-0.2, -0.15) is 0 Å². The maximum atomic E-state index is 2.50. The number of para-hydroxylation sites is 4. The van der Waals surface area contributed by atoms with Crippen LogP contribution in [-0.2, 0) is 5.41 Å². The lowest BCUT2D eigenvalue weighted by molar-refractivity contribution is 0.793. The molecule has 0 saturated heterocycles. The number of nitrogens with zero attached hydrogens (tertiary/aromatic N) is 3. The molecule has 1 heterocycles. The van der Waals surface area contributed by atoms with E-state index in [9.17, 15) is 0 Å². The topological polar surface area (TPSA) is 11.4 Å². The first-order chi connectivity index (χ1) is 33.7. The van der Waals surface area contributed by atoms with Crippen LogP contribution in [0.1, 0.15) is 22.3 Å². The van der Waals surface area contributed by atoms with E-state index >= 15 is 0 Å². The van der Waals surface area contributed by atoms with Crippen LogP contribution in [0.3, 0.4) is 0 Å². The fourth-order valence-electron chi connectivity index (χ4n) is 11.7. The predicted octanol–water partition coefficient (Wildman–Crippen LogP) is 17.2. The number of hydrogen-bond donors (Lipinski definition) is 0.